The fraction of sp³-hybridized carbons (Fsp3) is 0.308. The molecule has 0 radical (unpaired) electrons. The Morgan fingerprint density at radius 2 is 2.12 bits per heavy atom. The summed E-state index contributed by atoms with van der Waals surface area (Å²) in [5, 5.41) is 4.36. The summed E-state index contributed by atoms with van der Waals surface area (Å²) in [7, 11) is 0. The molecule has 0 bridgehead atoms. The van der Waals surface area contributed by atoms with Gasteiger partial charge in [-0.15, -0.1) is 0 Å². The Morgan fingerprint density at radius 1 is 1.24 bits per heavy atom. The largest absolute Gasteiger partial charge is 0.318 e. The molecule has 17 heavy (non-hydrogen) atoms. The molecule has 0 amide bonds. The second-order valence-corrected chi connectivity index (χ2v) is 4.38. The number of nitrogens with zero attached hydrogens (tertiary/aromatic N) is 1. The van der Waals surface area contributed by atoms with Gasteiger partial charge in [-0.05, 0) is 25.1 Å². The molecule has 1 aromatic heterocycles. The van der Waals surface area contributed by atoms with Crippen LogP contribution in [-0.2, 0) is 0 Å². The number of para-hydroxylation sites is 1. The number of benzene rings is 1. The van der Waals surface area contributed by atoms with E-state index < -0.39 is 0 Å². The Bertz CT molecular complexity index is 584. The highest BCUT2D eigenvalue weighted by atomic mass is 16.1. The van der Waals surface area contributed by atoms with Crippen LogP contribution in [0.2, 0.25) is 0 Å². The molecule has 4 nitrogen and oxygen atoms in total. The smallest absolute Gasteiger partial charge is 0.269 e. The molecule has 0 saturated carbocycles. The Labute approximate surface area is 99.2 Å². The fourth-order valence-electron chi connectivity index (χ4n) is 2.27. The Morgan fingerprint density at radius 3 is 2.94 bits per heavy atom. The highest BCUT2D eigenvalue weighted by Crippen LogP contribution is 2.10. The number of hydrogen-bond acceptors (Lipinski definition) is 3. The molecular formula is C13H15N3O. The zero-order valence-electron chi connectivity index (χ0n) is 9.52. The quantitative estimate of drug-likeness (QED) is 0.804. The van der Waals surface area contributed by atoms with Gasteiger partial charge in [-0.3, -0.25) is 4.79 Å². The Hall–Kier alpha value is -1.81. The number of hydrogen-bond donors (Lipinski definition) is 2. The number of rotatable bonds is 2. The standard InChI is InChI=1S/C13H15N3O/c17-13-6-5-10-3-1-2-4-12(10)16(13)15-11-7-8-14-9-11/h1-6,11,14-15H,7-9H2/t11-/m1/s1. The molecule has 0 unspecified atom stereocenters. The average Bonchev–Trinajstić information content (AvgIpc) is 2.86. The van der Waals surface area contributed by atoms with Gasteiger partial charge in [-0.2, -0.15) is 0 Å². The predicted molar refractivity (Wildman–Crippen MR) is 68.8 cm³/mol. The summed E-state index contributed by atoms with van der Waals surface area (Å²) in [4.78, 5) is 11.9. The number of nitrogens with one attached hydrogen (secondary N) is 2. The van der Waals surface area contributed by atoms with E-state index in [1.54, 1.807) is 10.7 Å². The second-order valence-electron chi connectivity index (χ2n) is 4.38. The van der Waals surface area contributed by atoms with Crippen LogP contribution >= 0.6 is 0 Å². The minimum absolute atomic E-state index is 0.00407. The molecule has 1 aliphatic rings. The highest BCUT2D eigenvalue weighted by Gasteiger charge is 2.15. The maximum atomic E-state index is 11.9. The highest BCUT2D eigenvalue weighted by molar-refractivity contribution is 5.78. The van der Waals surface area contributed by atoms with Crippen LogP contribution in [0.5, 0.6) is 0 Å². The van der Waals surface area contributed by atoms with Crippen molar-refractivity contribution >= 4 is 10.9 Å². The zero-order valence-corrected chi connectivity index (χ0v) is 9.52. The molecule has 88 valence electrons. The van der Waals surface area contributed by atoms with Gasteiger partial charge in [0.05, 0.1) is 11.6 Å². The first kappa shape index (κ1) is 10.4. The third-order valence-corrected chi connectivity index (χ3v) is 3.18. The number of pyridine rings is 1. The molecule has 2 aromatic rings. The molecule has 0 spiro atoms. The van der Waals surface area contributed by atoms with Crippen LogP contribution in [0.3, 0.4) is 0 Å². The molecule has 1 saturated heterocycles. The predicted octanol–water partition coefficient (Wildman–Crippen LogP) is 0.907. The second kappa shape index (κ2) is 4.22. The molecular weight excluding hydrogens is 214 g/mol. The molecule has 2 N–H and O–H groups in total. The van der Waals surface area contributed by atoms with E-state index in [1.165, 1.54) is 0 Å². The maximum absolute atomic E-state index is 11.9. The number of aromatic nitrogens is 1. The van der Waals surface area contributed by atoms with Crippen molar-refractivity contribution in [2.45, 2.75) is 12.5 Å². The topological polar surface area (TPSA) is 46.1 Å². The van der Waals surface area contributed by atoms with Crippen molar-refractivity contribution in [1.29, 1.82) is 0 Å². The normalized spacial score (nSPS) is 19.6. The molecule has 4 heteroatoms. The molecule has 1 atom stereocenters. The lowest BCUT2D eigenvalue weighted by atomic mass is 10.2. The summed E-state index contributed by atoms with van der Waals surface area (Å²) in [6.45, 7) is 1.92. The third-order valence-electron chi connectivity index (χ3n) is 3.18. The Kier molecular flexibility index (Phi) is 2.57. The molecule has 1 aliphatic heterocycles. The van der Waals surface area contributed by atoms with Crippen LogP contribution in [0.15, 0.2) is 41.2 Å². The minimum Gasteiger partial charge on any atom is -0.318 e. The maximum Gasteiger partial charge on any atom is 0.269 e. The van der Waals surface area contributed by atoms with Crippen molar-refractivity contribution in [1.82, 2.24) is 9.99 Å². The molecule has 3 rings (SSSR count). The molecule has 1 aromatic carbocycles. The monoisotopic (exact) mass is 229 g/mol. The summed E-state index contributed by atoms with van der Waals surface area (Å²) in [6, 6.07) is 11.7. The van der Waals surface area contributed by atoms with Crippen molar-refractivity contribution in [3.63, 3.8) is 0 Å². The van der Waals surface area contributed by atoms with Gasteiger partial charge in [-0.25, -0.2) is 4.68 Å². The lowest BCUT2D eigenvalue weighted by molar-refractivity contribution is 0.682. The van der Waals surface area contributed by atoms with Crippen LogP contribution in [0.4, 0.5) is 0 Å². The van der Waals surface area contributed by atoms with Gasteiger partial charge in [0.1, 0.15) is 0 Å². The van der Waals surface area contributed by atoms with Crippen molar-refractivity contribution < 1.29 is 0 Å². The van der Waals surface area contributed by atoms with Crippen LogP contribution in [0.1, 0.15) is 6.42 Å². The van der Waals surface area contributed by atoms with Gasteiger partial charge in [0.2, 0.25) is 0 Å². The van der Waals surface area contributed by atoms with Crippen LogP contribution in [-0.4, -0.2) is 23.8 Å². The molecule has 1 fully saturated rings. The summed E-state index contributed by atoms with van der Waals surface area (Å²) in [5.74, 6) is 0. The van der Waals surface area contributed by atoms with E-state index in [0.717, 1.165) is 30.4 Å². The SMILES string of the molecule is O=c1ccc2ccccc2n1N[C@@H]1CCNC1. The first-order valence-corrected chi connectivity index (χ1v) is 5.93. The summed E-state index contributed by atoms with van der Waals surface area (Å²) in [5.41, 5.74) is 4.23. The van der Waals surface area contributed by atoms with Gasteiger partial charge < -0.3 is 10.7 Å². The minimum atomic E-state index is -0.00407. The fourth-order valence-corrected chi connectivity index (χ4v) is 2.27. The van der Waals surface area contributed by atoms with E-state index in [-0.39, 0.29) is 5.56 Å². The lowest BCUT2D eigenvalue weighted by Crippen LogP contribution is -2.36. The van der Waals surface area contributed by atoms with Crippen molar-refractivity contribution in [3.05, 3.63) is 46.8 Å². The third kappa shape index (κ3) is 1.91. The molecule has 0 aliphatic carbocycles. The van der Waals surface area contributed by atoms with Crippen LogP contribution in [0.25, 0.3) is 10.9 Å². The van der Waals surface area contributed by atoms with Gasteiger partial charge in [0.25, 0.3) is 5.56 Å². The van der Waals surface area contributed by atoms with Gasteiger partial charge in [0.15, 0.2) is 0 Å². The molecule has 2 heterocycles. The van der Waals surface area contributed by atoms with E-state index >= 15 is 0 Å². The van der Waals surface area contributed by atoms with Crippen molar-refractivity contribution in [2.24, 2.45) is 0 Å². The summed E-state index contributed by atoms with van der Waals surface area (Å²) in [6.07, 6.45) is 1.05. The summed E-state index contributed by atoms with van der Waals surface area (Å²) < 4.78 is 1.66. The van der Waals surface area contributed by atoms with E-state index in [2.05, 4.69) is 10.7 Å². The van der Waals surface area contributed by atoms with E-state index in [4.69, 9.17) is 0 Å². The average molecular weight is 229 g/mol. The van der Waals surface area contributed by atoms with Crippen LogP contribution in [0, 0.1) is 0 Å². The van der Waals surface area contributed by atoms with Gasteiger partial charge in [0, 0.05) is 18.0 Å². The van der Waals surface area contributed by atoms with E-state index in [1.807, 2.05) is 30.3 Å². The lowest BCUT2D eigenvalue weighted by Gasteiger charge is -2.17. The zero-order chi connectivity index (χ0) is 11.7. The van der Waals surface area contributed by atoms with E-state index in [9.17, 15) is 4.79 Å². The number of fused-ring (bicyclic) bond motifs is 1. The Balaban J connectivity index is 2.06. The van der Waals surface area contributed by atoms with Crippen LogP contribution < -0.4 is 16.3 Å². The van der Waals surface area contributed by atoms with Gasteiger partial charge >= 0.3 is 0 Å². The first-order chi connectivity index (χ1) is 8.34. The van der Waals surface area contributed by atoms with Crippen molar-refractivity contribution in [2.75, 3.05) is 18.5 Å². The first-order valence-electron chi connectivity index (χ1n) is 5.93. The van der Waals surface area contributed by atoms with Crippen molar-refractivity contribution in [3.8, 4) is 0 Å². The summed E-state index contributed by atoms with van der Waals surface area (Å²) >= 11 is 0. The van der Waals surface area contributed by atoms with E-state index in [0.29, 0.717) is 6.04 Å². The van der Waals surface area contributed by atoms with Gasteiger partial charge in [-0.1, -0.05) is 18.2 Å².